The Hall–Kier alpha value is -5.36. The summed E-state index contributed by atoms with van der Waals surface area (Å²) in [7, 11) is 0. The van der Waals surface area contributed by atoms with E-state index < -0.39 is 23.4 Å². The number of nitrogens with zero attached hydrogens (tertiary/aromatic N) is 4. The molecule has 3 aromatic carbocycles. The number of benzene rings is 3. The van der Waals surface area contributed by atoms with Crippen molar-refractivity contribution in [3.05, 3.63) is 118 Å². The van der Waals surface area contributed by atoms with Gasteiger partial charge in [-0.25, -0.2) is 13.5 Å². The highest BCUT2D eigenvalue weighted by atomic mass is 19.1. The number of imide groups is 1. The molecule has 5 rings (SSSR count). The van der Waals surface area contributed by atoms with Crippen LogP contribution in [0.5, 0.6) is 5.75 Å². The number of rotatable bonds is 7. The number of nitriles is 1. The van der Waals surface area contributed by atoms with E-state index in [1.54, 1.807) is 29.9 Å². The first-order valence-corrected chi connectivity index (χ1v) is 12.8. The number of carbonyl (C=O) groups is 2. The Morgan fingerprint density at radius 3 is 2.39 bits per heavy atom. The van der Waals surface area contributed by atoms with Crippen LogP contribution in [0.3, 0.4) is 0 Å². The van der Waals surface area contributed by atoms with Crippen molar-refractivity contribution in [1.29, 1.82) is 5.26 Å². The summed E-state index contributed by atoms with van der Waals surface area (Å²) in [5.41, 5.74) is 2.69. The molecule has 1 aromatic heterocycles. The molecule has 9 heteroatoms. The van der Waals surface area contributed by atoms with Gasteiger partial charge in [-0.15, -0.1) is 0 Å². The quantitative estimate of drug-likeness (QED) is 0.208. The molecule has 2 heterocycles. The number of hydrogen-bond donors (Lipinski definition) is 0. The normalized spacial score (nSPS) is 14.5. The number of para-hydroxylation sites is 1. The lowest BCUT2D eigenvalue weighted by Gasteiger charge is -2.27. The van der Waals surface area contributed by atoms with Crippen molar-refractivity contribution in [3.63, 3.8) is 0 Å². The molecule has 0 atom stereocenters. The third-order valence-corrected chi connectivity index (χ3v) is 6.65. The summed E-state index contributed by atoms with van der Waals surface area (Å²) in [4.78, 5) is 27.8. The maximum Gasteiger partial charge on any atom is 0.271 e. The van der Waals surface area contributed by atoms with Gasteiger partial charge in [0.05, 0.1) is 18.8 Å². The highest BCUT2D eigenvalue weighted by Gasteiger charge is 2.35. The fourth-order valence-electron chi connectivity index (χ4n) is 4.55. The van der Waals surface area contributed by atoms with Crippen molar-refractivity contribution in [1.82, 2.24) is 14.7 Å². The van der Waals surface area contributed by atoms with Crippen molar-refractivity contribution >= 4 is 17.9 Å². The van der Waals surface area contributed by atoms with Gasteiger partial charge in [0, 0.05) is 22.9 Å². The molecular weight excluding hydrogens is 526 g/mol. The molecule has 7 nitrogen and oxygen atoms in total. The molecule has 0 radical (unpaired) electrons. The maximum atomic E-state index is 14.9. The first-order valence-electron chi connectivity index (χ1n) is 12.8. The summed E-state index contributed by atoms with van der Waals surface area (Å²) >= 11 is 0. The van der Waals surface area contributed by atoms with Gasteiger partial charge in [-0.2, -0.15) is 10.4 Å². The van der Waals surface area contributed by atoms with Gasteiger partial charge in [0.25, 0.3) is 11.8 Å². The van der Waals surface area contributed by atoms with E-state index in [9.17, 15) is 23.6 Å². The lowest BCUT2D eigenvalue weighted by Crippen LogP contribution is -2.42. The third-order valence-electron chi connectivity index (χ3n) is 6.65. The van der Waals surface area contributed by atoms with Crippen LogP contribution in [0.1, 0.15) is 25.0 Å². The van der Waals surface area contributed by atoms with E-state index >= 15 is 0 Å². The highest BCUT2D eigenvalue weighted by molar-refractivity contribution is 6.19. The van der Waals surface area contributed by atoms with Crippen LogP contribution < -0.4 is 4.74 Å². The molecule has 0 N–H and O–H groups in total. The van der Waals surface area contributed by atoms with Gasteiger partial charge in [-0.3, -0.25) is 14.5 Å². The third kappa shape index (κ3) is 5.40. The minimum atomic E-state index is -0.731. The van der Waals surface area contributed by atoms with E-state index in [2.05, 4.69) is 5.10 Å². The monoisotopic (exact) mass is 550 g/mol. The van der Waals surface area contributed by atoms with Crippen LogP contribution in [0.2, 0.25) is 0 Å². The van der Waals surface area contributed by atoms with E-state index in [-0.39, 0.29) is 29.0 Å². The summed E-state index contributed by atoms with van der Waals surface area (Å²) in [6, 6.07) is 21.1. The fraction of sp³-hybridized carbons (Fsp3) is 0.125. The Bertz CT molecular complexity index is 1750. The van der Waals surface area contributed by atoms with E-state index in [0.29, 0.717) is 29.0 Å². The second-order valence-electron chi connectivity index (χ2n) is 9.28. The van der Waals surface area contributed by atoms with E-state index in [1.807, 2.05) is 36.4 Å². The first-order chi connectivity index (χ1) is 19.8. The average Bonchev–Trinajstić information content (AvgIpc) is 3.40. The molecule has 0 saturated carbocycles. The zero-order chi connectivity index (χ0) is 29.1. The number of ether oxygens (including phenoxy) is 1. The summed E-state index contributed by atoms with van der Waals surface area (Å²) in [6.45, 7) is 3.45. The average molecular weight is 551 g/mol. The highest BCUT2D eigenvalue weighted by Crippen LogP contribution is 2.33. The van der Waals surface area contributed by atoms with Crippen molar-refractivity contribution < 1.29 is 23.1 Å². The summed E-state index contributed by atoms with van der Waals surface area (Å²) in [5, 5.41) is 14.5. The van der Waals surface area contributed by atoms with Gasteiger partial charge >= 0.3 is 0 Å². The first kappa shape index (κ1) is 27.2. The Labute approximate surface area is 235 Å². The Kier molecular flexibility index (Phi) is 7.57. The Morgan fingerprint density at radius 2 is 1.73 bits per heavy atom. The van der Waals surface area contributed by atoms with Crippen molar-refractivity contribution in [2.75, 3.05) is 6.61 Å². The van der Waals surface area contributed by atoms with Crippen LogP contribution in [0.4, 0.5) is 8.78 Å². The molecular formula is C32H24F2N4O3. The second-order valence-corrected chi connectivity index (χ2v) is 9.28. The van der Waals surface area contributed by atoms with E-state index in [4.69, 9.17) is 4.74 Å². The summed E-state index contributed by atoms with van der Waals surface area (Å²) < 4.78 is 35.2. The molecule has 0 unspecified atom stereocenters. The minimum absolute atomic E-state index is 0.105. The van der Waals surface area contributed by atoms with Crippen LogP contribution in [-0.2, 0) is 16.1 Å². The Balaban J connectivity index is 1.64. The molecule has 1 aliphatic heterocycles. The minimum Gasteiger partial charge on any atom is -0.491 e. The predicted molar refractivity (Wildman–Crippen MR) is 148 cm³/mol. The maximum absolute atomic E-state index is 14.9. The molecule has 2 amide bonds. The molecule has 1 aliphatic rings. The second kappa shape index (κ2) is 11.4. The number of amides is 2. The van der Waals surface area contributed by atoms with Gasteiger partial charge in [-0.05, 0) is 73.5 Å². The van der Waals surface area contributed by atoms with Crippen LogP contribution >= 0.6 is 0 Å². The van der Waals surface area contributed by atoms with Crippen molar-refractivity contribution in [2.24, 2.45) is 0 Å². The Morgan fingerprint density at radius 1 is 1.00 bits per heavy atom. The largest absolute Gasteiger partial charge is 0.491 e. The van der Waals surface area contributed by atoms with Gasteiger partial charge in [0.2, 0.25) is 0 Å². The fourth-order valence-corrected chi connectivity index (χ4v) is 4.55. The standard InChI is InChI=1S/C32H24F2N4O3/c1-3-41-29-14-11-22(16-28(29)34)30-23(19-38(36-30)25-7-5-4-6-8-25)15-26-20(2)27(17-35)32(40)37(31(26)39)18-21-9-12-24(33)13-10-21/h4-16,19H,3,18H2,1-2H3/b26-15+. The van der Waals surface area contributed by atoms with Gasteiger partial charge in [-0.1, -0.05) is 30.3 Å². The topological polar surface area (TPSA) is 88.2 Å². The lowest BCUT2D eigenvalue weighted by molar-refractivity contribution is -0.141. The van der Waals surface area contributed by atoms with Crippen molar-refractivity contribution in [3.8, 4) is 28.8 Å². The smallest absolute Gasteiger partial charge is 0.271 e. The predicted octanol–water partition coefficient (Wildman–Crippen LogP) is 6.01. The zero-order valence-corrected chi connectivity index (χ0v) is 22.3. The number of carbonyl (C=O) groups excluding carboxylic acids is 2. The number of hydrogen-bond acceptors (Lipinski definition) is 5. The van der Waals surface area contributed by atoms with Crippen molar-refractivity contribution in [2.45, 2.75) is 20.4 Å². The molecule has 0 fully saturated rings. The SMILES string of the molecule is CCOc1ccc(-c2nn(-c3ccccc3)cc2/C=C2/C(=O)N(Cc3ccc(F)cc3)C(=O)C(C#N)=C2C)cc1F. The molecule has 204 valence electrons. The zero-order valence-electron chi connectivity index (χ0n) is 22.3. The summed E-state index contributed by atoms with van der Waals surface area (Å²) in [6.07, 6.45) is 3.24. The van der Waals surface area contributed by atoms with Gasteiger partial charge < -0.3 is 4.74 Å². The van der Waals surface area contributed by atoms with Crippen LogP contribution in [0.25, 0.3) is 23.0 Å². The van der Waals surface area contributed by atoms with E-state index in [1.165, 1.54) is 43.3 Å². The summed E-state index contributed by atoms with van der Waals surface area (Å²) in [5.74, 6) is -2.26. The van der Waals surface area contributed by atoms with Gasteiger partial charge in [0.15, 0.2) is 11.6 Å². The number of halogens is 2. The molecule has 4 aromatic rings. The van der Waals surface area contributed by atoms with Crippen LogP contribution in [0.15, 0.2) is 95.7 Å². The molecule has 0 aliphatic carbocycles. The van der Waals surface area contributed by atoms with Crippen LogP contribution in [-0.4, -0.2) is 33.1 Å². The van der Waals surface area contributed by atoms with Gasteiger partial charge in [0.1, 0.15) is 23.2 Å². The van der Waals surface area contributed by atoms with Crippen LogP contribution in [0, 0.1) is 23.0 Å². The number of aromatic nitrogens is 2. The molecule has 0 saturated heterocycles. The lowest BCUT2D eigenvalue weighted by atomic mass is 9.93. The molecule has 41 heavy (non-hydrogen) atoms. The molecule has 0 spiro atoms. The molecule has 0 bridgehead atoms. The van der Waals surface area contributed by atoms with E-state index in [0.717, 1.165) is 10.6 Å².